The van der Waals surface area contributed by atoms with Gasteiger partial charge in [0.1, 0.15) is 24.3 Å². The van der Waals surface area contributed by atoms with Gasteiger partial charge in [0.15, 0.2) is 5.78 Å². The van der Waals surface area contributed by atoms with Crippen LogP contribution in [0, 0.1) is 5.41 Å². The molecule has 7 nitrogen and oxygen atoms in total. The first-order chi connectivity index (χ1) is 12.0. The van der Waals surface area contributed by atoms with E-state index in [1.54, 1.807) is 45.0 Å². The molecule has 1 aliphatic heterocycles. The van der Waals surface area contributed by atoms with Crippen molar-refractivity contribution in [3.8, 4) is 0 Å². The number of ether oxygens (including phenoxy) is 2. The molecule has 0 radical (unpaired) electrons. The molecule has 1 aliphatic rings. The Morgan fingerprint density at radius 2 is 1.88 bits per heavy atom. The van der Waals surface area contributed by atoms with Crippen LogP contribution in [0.25, 0.3) is 0 Å². The Kier molecular flexibility index (Phi) is 5.59. The van der Waals surface area contributed by atoms with Crippen molar-refractivity contribution in [3.05, 3.63) is 35.9 Å². The number of benzene rings is 1. The molecule has 1 fully saturated rings. The average molecular weight is 362 g/mol. The van der Waals surface area contributed by atoms with Gasteiger partial charge < -0.3 is 20.1 Å². The zero-order chi connectivity index (χ0) is 19.5. The van der Waals surface area contributed by atoms with Gasteiger partial charge >= 0.3 is 12.2 Å². The summed E-state index contributed by atoms with van der Waals surface area (Å²) in [5, 5.41) is 5.21. The summed E-state index contributed by atoms with van der Waals surface area (Å²) in [5.74, 6) is -0.330. The topological polar surface area (TPSA) is 93.7 Å². The molecule has 2 amide bonds. The highest BCUT2D eigenvalue weighted by Crippen LogP contribution is 2.29. The van der Waals surface area contributed by atoms with E-state index >= 15 is 0 Å². The molecule has 0 aliphatic carbocycles. The third kappa shape index (κ3) is 4.97. The van der Waals surface area contributed by atoms with E-state index in [0.29, 0.717) is 5.56 Å². The first-order valence-electron chi connectivity index (χ1n) is 8.51. The van der Waals surface area contributed by atoms with Crippen LogP contribution in [-0.4, -0.2) is 36.2 Å². The number of carbonyl (C=O) groups is 3. The van der Waals surface area contributed by atoms with E-state index in [9.17, 15) is 14.4 Å². The van der Waals surface area contributed by atoms with Crippen LogP contribution in [0.15, 0.2) is 30.3 Å². The molecular weight excluding hydrogens is 336 g/mol. The normalized spacial score (nSPS) is 20.3. The number of carbonyl (C=O) groups excluding carboxylic acids is 3. The summed E-state index contributed by atoms with van der Waals surface area (Å²) in [5.41, 5.74) is -0.700. The molecular formula is C19H26N2O5. The van der Waals surface area contributed by atoms with Gasteiger partial charge in [-0.3, -0.25) is 4.79 Å². The van der Waals surface area contributed by atoms with Gasteiger partial charge in [0.25, 0.3) is 0 Å². The highest BCUT2D eigenvalue weighted by molar-refractivity contribution is 5.95. The largest absolute Gasteiger partial charge is 0.449 e. The average Bonchev–Trinajstić information content (AvgIpc) is 2.53. The molecule has 2 N–H and O–H groups in total. The molecule has 0 saturated carbocycles. The Bertz CT molecular complexity index is 679. The summed E-state index contributed by atoms with van der Waals surface area (Å²) in [6.07, 6.45) is -1.34. The summed E-state index contributed by atoms with van der Waals surface area (Å²) in [6, 6.07) is 7.11. The maximum atomic E-state index is 13.2. The number of Topliss-reactive ketones (excluding diaryl/α,β-unsaturated/α-hetero) is 1. The van der Waals surface area contributed by atoms with Gasteiger partial charge in [-0.2, -0.15) is 0 Å². The Labute approximate surface area is 153 Å². The van der Waals surface area contributed by atoms with E-state index < -0.39 is 35.3 Å². The van der Waals surface area contributed by atoms with E-state index in [-0.39, 0.29) is 12.4 Å². The molecule has 1 aromatic rings. The van der Waals surface area contributed by atoms with E-state index in [1.807, 2.05) is 19.9 Å². The molecule has 0 bridgehead atoms. The number of alkyl carbamates (subject to hydrolysis) is 2. The number of hydrogen-bond acceptors (Lipinski definition) is 5. The summed E-state index contributed by atoms with van der Waals surface area (Å²) in [4.78, 5) is 37.1. The molecule has 1 saturated heterocycles. The zero-order valence-electron chi connectivity index (χ0n) is 15.8. The van der Waals surface area contributed by atoms with Crippen LogP contribution < -0.4 is 10.6 Å². The van der Waals surface area contributed by atoms with Crippen LogP contribution in [0.1, 0.15) is 46.2 Å². The van der Waals surface area contributed by atoms with Crippen LogP contribution in [0.3, 0.4) is 0 Å². The highest BCUT2D eigenvalue weighted by atomic mass is 16.6. The number of ketones is 1. The van der Waals surface area contributed by atoms with E-state index in [2.05, 4.69) is 10.6 Å². The number of cyclic esters (lactones) is 1. The van der Waals surface area contributed by atoms with Gasteiger partial charge in [-0.25, -0.2) is 9.59 Å². The third-order valence-corrected chi connectivity index (χ3v) is 3.98. The number of hydrogen-bond donors (Lipinski definition) is 2. The lowest BCUT2D eigenvalue weighted by Gasteiger charge is -2.38. The van der Waals surface area contributed by atoms with Gasteiger partial charge in [-0.1, -0.05) is 44.2 Å². The molecule has 142 valence electrons. The lowest BCUT2D eigenvalue weighted by molar-refractivity contribution is -0.128. The van der Waals surface area contributed by atoms with E-state index in [0.717, 1.165) is 0 Å². The Balaban J connectivity index is 2.30. The SMILES string of the molecule is CC(C)(C)OC(=O)N[C@H](C(=O)[C@H]1NC(=O)OCC1(C)C)c1ccccc1. The summed E-state index contributed by atoms with van der Waals surface area (Å²) in [6.45, 7) is 8.99. The van der Waals surface area contributed by atoms with Crippen molar-refractivity contribution in [1.29, 1.82) is 0 Å². The summed E-state index contributed by atoms with van der Waals surface area (Å²) < 4.78 is 10.3. The van der Waals surface area contributed by atoms with Crippen LogP contribution in [0.2, 0.25) is 0 Å². The van der Waals surface area contributed by atoms with Crippen molar-refractivity contribution in [1.82, 2.24) is 10.6 Å². The minimum absolute atomic E-state index is 0.114. The minimum Gasteiger partial charge on any atom is -0.449 e. The van der Waals surface area contributed by atoms with Crippen molar-refractivity contribution >= 4 is 18.0 Å². The van der Waals surface area contributed by atoms with Crippen molar-refractivity contribution in [2.75, 3.05) is 6.61 Å². The number of amides is 2. The monoisotopic (exact) mass is 362 g/mol. The maximum absolute atomic E-state index is 13.2. The summed E-state index contributed by atoms with van der Waals surface area (Å²) in [7, 11) is 0. The Morgan fingerprint density at radius 1 is 1.27 bits per heavy atom. The standard InChI is InChI=1S/C19H26N2O5/c1-18(2,3)26-17(24)20-13(12-9-7-6-8-10-12)14(22)15-19(4,5)11-25-16(23)21-15/h6-10,13,15H,11H2,1-5H3,(H,20,24)(H,21,23)/t13-,15+/m0/s1. The second kappa shape index (κ2) is 7.35. The van der Waals surface area contributed by atoms with Gasteiger partial charge in [-0.05, 0) is 26.3 Å². The molecule has 2 atom stereocenters. The molecule has 1 heterocycles. The van der Waals surface area contributed by atoms with Crippen LogP contribution in [-0.2, 0) is 14.3 Å². The fourth-order valence-corrected chi connectivity index (χ4v) is 2.70. The minimum atomic E-state index is -0.950. The molecule has 0 unspecified atom stereocenters. The lowest BCUT2D eigenvalue weighted by Crippen LogP contribution is -2.59. The third-order valence-electron chi connectivity index (χ3n) is 3.98. The maximum Gasteiger partial charge on any atom is 0.408 e. The molecule has 2 rings (SSSR count). The van der Waals surface area contributed by atoms with Gasteiger partial charge in [-0.15, -0.1) is 0 Å². The molecule has 26 heavy (non-hydrogen) atoms. The predicted octanol–water partition coefficient (Wildman–Crippen LogP) is 2.96. The van der Waals surface area contributed by atoms with Crippen molar-refractivity contribution in [3.63, 3.8) is 0 Å². The predicted molar refractivity (Wildman–Crippen MR) is 95.6 cm³/mol. The molecule has 0 aromatic heterocycles. The fraction of sp³-hybridized carbons (Fsp3) is 0.526. The van der Waals surface area contributed by atoms with Gasteiger partial charge in [0.2, 0.25) is 0 Å². The highest BCUT2D eigenvalue weighted by Gasteiger charge is 2.44. The van der Waals surface area contributed by atoms with Crippen LogP contribution >= 0.6 is 0 Å². The van der Waals surface area contributed by atoms with Crippen molar-refractivity contribution in [2.45, 2.75) is 52.3 Å². The second-order valence-corrected chi connectivity index (χ2v) is 8.03. The number of rotatable bonds is 4. The zero-order valence-corrected chi connectivity index (χ0v) is 15.8. The quantitative estimate of drug-likeness (QED) is 0.859. The molecule has 7 heteroatoms. The van der Waals surface area contributed by atoms with Gasteiger partial charge in [0, 0.05) is 5.41 Å². The Hall–Kier alpha value is -2.57. The number of nitrogens with one attached hydrogen (secondary N) is 2. The van der Waals surface area contributed by atoms with E-state index in [4.69, 9.17) is 9.47 Å². The van der Waals surface area contributed by atoms with Gasteiger partial charge in [0.05, 0.1) is 0 Å². The van der Waals surface area contributed by atoms with Crippen molar-refractivity contribution < 1.29 is 23.9 Å². The van der Waals surface area contributed by atoms with Crippen LogP contribution in [0.4, 0.5) is 9.59 Å². The second-order valence-electron chi connectivity index (χ2n) is 8.03. The lowest BCUT2D eigenvalue weighted by atomic mass is 9.79. The molecule has 1 aromatic carbocycles. The summed E-state index contributed by atoms with van der Waals surface area (Å²) >= 11 is 0. The Morgan fingerprint density at radius 3 is 2.46 bits per heavy atom. The van der Waals surface area contributed by atoms with Crippen LogP contribution in [0.5, 0.6) is 0 Å². The van der Waals surface area contributed by atoms with E-state index in [1.165, 1.54) is 0 Å². The van der Waals surface area contributed by atoms with Crippen molar-refractivity contribution in [2.24, 2.45) is 5.41 Å². The first kappa shape index (κ1) is 19.8. The fourth-order valence-electron chi connectivity index (χ4n) is 2.70. The first-order valence-corrected chi connectivity index (χ1v) is 8.51. The smallest absolute Gasteiger partial charge is 0.408 e. The molecule has 0 spiro atoms.